The Morgan fingerprint density at radius 3 is 3.06 bits per heavy atom. The van der Waals surface area contributed by atoms with Gasteiger partial charge in [0, 0.05) is 17.7 Å². The molecule has 0 saturated heterocycles. The molecule has 0 spiro atoms. The molecule has 1 fully saturated rings. The van der Waals surface area contributed by atoms with Gasteiger partial charge in [-0.2, -0.15) is 0 Å². The van der Waals surface area contributed by atoms with Gasteiger partial charge in [-0.15, -0.1) is 11.3 Å². The molecule has 1 aromatic heterocycles. The predicted molar refractivity (Wildman–Crippen MR) is 65.6 cm³/mol. The third-order valence-corrected chi connectivity index (χ3v) is 3.40. The van der Waals surface area contributed by atoms with E-state index in [1.54, 1.807) is 0 Å². The van der Waals surface area contributed by atoms with Crippen molar-refractivity contribution in [3.05, 3.63) is 11.1 Å². The number of nitrogens with two attached hydrogens (primary N) is 1. The Morgan fingerprint density at radius 2 is 2.38 bits per heavy atom. The van der Waals surface area contributed by atoms with Crippen molar-refractivity contribution >= 4 is 22.4 Å². The van der Waals surface area contributed by atoms with Crippen LogP contribution in [0.3, 0.4) is 0 Å². The van der Waals surface area contributed by atoms with Crippen LogP contribution in [0, 0.1) is 0 Å². The molecule has 1 amide bonds. The summed E-state index contributed by atoms with van der Waals surface area (Å²) in [6.07, 6.45) is 4.78. The fraction of sp³-hybridized carbons (Fsp3) is 0.636. The van der Waals surface area contributed by atoms with Gasteiger partial charge in [-0.05, 0) is 32.2 Å². The van der Waals surface area contributed by atoms with Gasteiger partial charge >= 0.3 is 0 Å². The van der Waals surface area contributed by atoms with Gasteiger partial charge in [0.1, 0.15) is 0 Å². The van der Waals surface area contributed by atoms with Crippen molar-refractivity contribution in [2.45, 2.75) is 38.0 Å². The maximum absolute atomic E-state index is 11.5. The highest BCUT2D eigenvalue weighted by Gasteiger charge is 2.26. The van der Waals surface area contributed by atoms with E-state index in [1.165, 1.54) is 24.2 Å². The summed E-state index contributed by atoms with van der Waals surface area (Å²) in [5.41, 5.74) is 6.51. The van der Waals surface area contributed by atoms with Crippen LogP contribution in [-0.2, 0) is 4.79 Å². The molecule has 1 aromatic rings. The minimum atomic E-state index is 0.0464. The Hall–Kier alpha value is -0.940. The summed E-state index contributed by atoms with van der Waals surface area (Å²) in [4.78, 5) is 15.9. The van der Waals surface area contributed by atoms with Crippen molar-refractivity contribution in [3.63, 3.8) is 0 Å². The van der Waals surface area contributed by atoms with Gasteiger partial charge in [-0.1, -0.05) is 0 Å². The highest BCUT2D eigenvalue weighted by Crippen LogP contribution is 2.40. The number of nitrogens with one attached hydrogen (secondary N) is 1. The number of hydrogen-bond acceptors (Lipinski definition) is 4. The number of aromatic nitrogens is 1. The average molecular weight is 239 g/mol. The molecular formula is C11H17N3OS. The number of carbonyl (C=O) groups is 1. The van der Waals surface area contributed by atoms with Crippen molar-refractivity contribution in [2.75, 3.05) is 11.9 Å². The van der Waals surface area contributed by atoms with E-state index in [4.69, 9.17) is 5.73 Å². The van der Waals surface area contributed by atoms with Gasteiger partial charge in [0.05, 0.1) is 5.69 Å². The average Bonchev–Trinajstić information content (AvgIpc) is 3.01. The highest BCUT2D eigenvalue weighted by atomic mass is 32.1. The SMILES string of the molecule is NCCCCC(=O)Nc1nc(C2CC2)cs1. The zero-order valence-electron chi connectivity index (χ0n) is 9.24. The van der Waals surface area contributed by atoms with Crippen LogP contribution in [0.5, 0.6) is 0 Å². The molecule has 0 aromatic carbocycles. The zero-order valence-corrected chi connectivity index (χ0v) is 10.1. The molecule has 88 valence electrons. The van der Waals surface area contributed by atoms with Crippen LogP contribution >= 0.6 is 11.3 Å². The van der Waals surface area contributed by atoms with Crippen molar-refractivity contribution < 1.29 is 4.79 Å². The fourth-order valence-electron chi connectivity index (χ4n) is 1.52. The van der Waals surface area contributed by atoms with Crippen LogP contribution in [0.15, 0.2) is 5.38 Å². The van der Waals surface area contributed by atoms with Gasteiger partial charge in [0.25, 0.3) is 0 Å². The lowest BCUT2D eigenvalue weighted by Gasteiger charge is -2.00. The topological polar surface area (TPSA) is 68.0 Å². The Bertz CT molecular complexity index is 360. The molecule has 1 heterocycles. The summed E-state index contributed by atoms with van der Waals surface area (Å²) in [5.74, 6) is 0.698. The number of rotatable bonds is 6. The first-order valence-corrected chi connectivity index (χ1v) is 6.63. The van der Waals surface area contributed by atoms with E-state index in [1.807, 2.05) is 5.38 Å². The molecule has 5 heteroatoms. The second kappa shape index (κ2) is 5.41. The lowest BCUT2D eigenvalue weighted by Crippen LogP contribution is -2.11. The number of nitrogens with zero attached hydrogens (tertiary/aromatic N) is 1. The molecule has 16 heavy (non-hydrogen) atoms. The van der Waals surface area contributed by atoms with Crippen LogP contribution in [0.4, 0.5) is 5.13 Å². The van der Waals surface area contributed by atoms with Crippen LogP contribution in [0.25, 0.3) is 0 Å². The molecule has 3 N–H and O–H groups in total. The summed E-state index contributed by atoms with van der Waals surface area (Å²) in [5, 5.41) is 5.62. The molecule has 1 saturated carbocycles. The summed E-state index contributed by atoms with van der Waals surface area (Å²) in [6.45, 7) is 0.649. The number of amides is 1. The first-order valence-electron chi connectivity index (χ1n) is 5.75. The largest absolute Gasteiger partial charge is 0.330 e. The lowest BCUT2D eigenvalue weighted by atomic mass is 10.2. The van der Waals surface area contributed by atoms with Gasteiger partial charge < -0.3 is 11.1 Å². The normalized spacial score (nSPS) is 15.1. The predicted octanol–water partition coefficient (Wildman–Crippen LogP) is 2.09. The second-order valence-corrected chi connectivity index (χ2v) is 5.00. The number of unbranched alkanes of at least 4 members (excludes halogenated alkanes) is 1. The lowest BCUT2D eigenvalue weighted by molar-refractivity contribution is -0.116. The van der Waals surface area contributed by atoms with Crippen molar-refractivity contribution in [1.29, 1.82) is 0 Å². The quantitative estimate of drug-likeness (QED) is 0.747. The van der Waals surface area contributed by atoms with E-state index in [0.29, 0.717) is 18.9 Å². The molecule has 4 nitrogen and oxygen atoms in total. The molecule has 1 aliphatic rings. The fourth-order valence-corrected chi connectivity index (χ4v) is 2.33. The molecule has 0 bridgehead atoms. The number of thiazole rings is 1. The van der Waals surface area contributed by atoms with E-state index in [0.717, 1.165) is 23.7 Å². The Morgan fingerprint density at radius 1 is 1.56 bits per heavy atom. The van der Waals surface area contributed by atoms with Crippen molar-refractivity contribution in [2.24, 2.45) is 5.73 Å². The first-order chi connectivity index (χ1) is 7.79. The molecule has 0 atom stereocenters. The maximum Gasteiger partial charge on any atom is 0.226 e. The Labute approximate surface area is 99.3 Å². The Kier molecular flexibility index (Phi) is 3.90. The van der Waals surface area contributed by atoms with E-state index in [2.05, 4.69) is 10.3 Å². The molecule has 0 unspecified atom stereocenters. The van der Waals surface area contributed by atoms with Gasteiger partial charge in [-0.25, -0.2) is 4.98 Å². The first kappa shape index (κ1) is 11.5. The van der Waals surface area contributed by atoms with Crippen LogP contribution in [0.2, 0.25) is 0 Å². The minimum Gasteiger partial charge on any atom is -0.330 e. The summed E-state index contributed by atoms with van der Waals surface area (Å²) in [7, 11) is 0. The van der Waals surface area contributed by atoms with Gasteiger partial charge in [-0.3, -0.25) is 4.79 Å². The molecule has 1 aliphatic carbocycles. The van der Waals surface area contributed by atoms with E-state index in [-0.39, 0.29) is 5.91 Å². The second-order valence-electron chi connectivity index (χ2n) is 4.15. The summed E-state index contributed by atoms with van der Waals surface area (Å²) in [6, 6.07) is 0. The Balaban J connectivity index is 1.76. The number of anilines is 1. The van der Waals surface area contributed by atoms with Crippen molar-refractivity contribution in [1.82, 2.24) is 4.98 Å². The molecule has 0 radical (unpaired) electrons. The number of carbonyl (C=O) groups excluding carboxylic acids is 1. The van der Waals surface area contributed by atoms with Gasteiger partial charge in [0.15, 0.2) is 5.13 Å². The molecule has 2 rings (SSSR count). The van der Waals surface area contributed by atoms with E-state index in [9.17, 15) is 4.79 Å². The molecular weight excluding hydrogens is 222 g/mol. The summed E-state index contributed by atoms with van der Waals surface area (Å²) < 4.78 is 0. The third-order valence-electron chi connectivity index (χ3n) is 2.62. The van der Waals surface area contributed by atoms with Crippen molar-refractivity contribution in [3.8, 4) is 0 Å². The maximum atomic E-state index is 11.5. The van der Waals surface area contributed by atoms with Crippen LogP contribution in [0.1, 0.15) is 43.7 Å². The standard InChI is InChI=1S/C11H17N3OS/c12-6-2-1-3-10(15)14-11-13-9(7-16-11)8-4-5-8/h7-8H,1-6,12H2,(H,13,14,15). The van der Waals surface area contributed by atoms with E-state index >= 15 is 0 Å². The zero-order chi connectivity index (χ0) is 11.4. The highest BCUT2D eigenvalue weighted by molar-refractivity contribution is 7.13. The van der Waals surface area contributed by atoms with Crippen LogP contribution < -0.4 is 11.1 Å². The minimum absolute atomic E-state index is 0.0464. The monoisotopic (exact) mass is 239 g/mol. The number of hydrogen-bond donors (Lipinski definition) is 2. The van der Waals surface area contributed by atoms with Crippen LogP contribution in [-0.4, -0.2) is 17.4 Å². The summed E-state index contributed by atoms with van der Waals surface area (Å²) >= 11 is 1.52. The molecule has 0 aliphatic heterocycles. The third kappa shape index (κ3) is 3.28. The van der Waals surface area contributed by atoms with E-state index < -0.39 is 0 Å². The van der Waals surface area contributed by atoms with Gasteiger partial charge in [0.2, 0.25) is 5.91 Å². The smallest absolute Gasteiger partial charge is 0.226 e.